The summed E-state index contributed by atoms with van der Waals surface area (Å²) < 4.78 is 5.10. The first-order valence-electron chi connectivity index (χ1n) is 10.9. The third-order valence-electron chi connectivity index (χ3n) is 6.44. The van der Waals surface area contributed by atoms with Crippen molar-refractivity contribution in [1.82, 2.24) is 9.80 Å². The maximum Gasteiger partial charge on any atom is 0.326 e. The highest BCUT2D eigenvalue weighted by molar-refractivity contribution is 6.31. The molecule has 8 nitrogen and oxygen atoms in total. The third-order valence-corrected chi connectivity index (χ3v) is 6.77. The van der Waals surface area contributed by atoms with Crippen LogP contribution in [-0.4, -0.2) is 59.5 Å². The number of Topliss-reactive ketones (excluding diaryl/α,β-unsaturated/α-hetero) is 1. The molecule has 0 N–H and O–H groups in total. The highest BCUT2D eigenvalue weighted by Crippen LogP contribution is 2.42. The minimum atomic E-state index is -1.25. The zero-order chi connectivity index (χ0) is 24.5. The molecule has 34 heavy (non-hydrogen) atoms. The number of nitrogens with zero attached hydrogens (tertiary/aromatic N) is 2. The lowest BCUT2D eigenvalue weighted by Gasteiger charge is -2.43. The molecule has 0 aromatic heterocycles. The van der Waals surface area contributed by atoms with Crippen LogP contribution in [0.25, 0.3) is 0 Å². The number of ketones is 1. The van der Waals surface area contributed by atoms with E-state index in [4.69, 9.17) is 16.3 Å². The van der Waals surface area contributed by atoms with Gasteiger partial charge < -0.3 is 9.64 Å². The molecular formula is C25H23ClN2O6. The summed E-state index contributed by atoms with van der Waals surface area (Å²) in [5.74, 6) is -2.80. The van der Waals surface area contributed by atoms with E-state index in [0.29, 0.717) is 23.4 Å². The van der Waals surface area contributed by atoms with E-state index in [1.54, 1.807) is 36.4 Å². The summed E-state index contributed by atoms with van der Waals surface area (Å²) in [6.07, 6.45) is 2.17. The van der Waals surface area contributed by atoms with E-state index in [0.717, 1.165) is 17.7 Å². The lowest BCUT2D eigenvalue weighted by Crippen LogP contribution is -2.55. The van der Waals surface area contributed by atoms with Gasteiger partial charge in [-0.1, -0.05) is 41.9 Å². The lowest BCUT2D eigenvalue weighted by molar-refractivity contribution is -0.157. The number of carbonyl (C=O) groups excluding carboxylic acids is 5. The van der Waals surface area contributed by atoms with Crippen molar-refractivity contribution in [1.29, 1.82) is 0 Å². The zero-order valence-corrected chi connectivity index (χ0v) is 19.3. The topological polar surface area (TPSA) is 101 Å². The summed E-state index contributed by atoms with van der Waals surface area (Å²) in [6, 6.07) is 13.2. The molecule has 1 heterocycles. The molecule has 1 atom stereocenters. The fourth-order valence-corrected chi connectivity index (χ4v) is 4.93. The monoisotopic (exact) mass is 482 g/mol. The van der Waals surface area contributed by atoms with Crippen molar-refractivity contribution in [3.05, 3.63) is 70.2 Å². The Hall–Kier alpha value is -3.52. The summed E-state index contributed by atoms with van der Waals surface area (Å²) in [5, 5.41) is 0.375. The summed E-state index contributed by atoms with van der Waals surface area (Å²) in [7, 11) is 1.49. The number of amides is 3. The summed E-state index contributed by atoms with van der Waals surface area (Å²) in [4.78, 5) is 65.5. The molecule has 2 aromatic rings. The van der Waals surface area contributed by atoms with E-state index < -0.39 is 42.4 Å². The second-order valence-corrected chi connectivity index (χ2v) is 8.73. The quantitative estimate of drug-likeness (QED) is 0.463. The van der Waals surface area contributed by atoms with Gasteiger partial charge in [-0.3, -0.25) is 28.9 Å². The average Bonchev–Trinajstić information content (AvgIpc) is 3.08. The van der Waals surface area contributed by atoms with Crippen LogP contribution >= 0.6 is 11.6 Å². The summed E-state index contributed by atoms with van der Waals surface area (Å²) in [6.45, 7) is -1.25. The molecule has 0 unspecified atom stereocenters. The third kappa shape index (κ3) is 3.98. The number of halogens is 1. The predicted molar refractivity (Wildman–Crippen MR) is 122 cm³/mol. The van der Waals surface area contributed by atoms with Gasteiger partial charge in [0.2, 0.25) is 0 Å². The SMILES string of the molecule is CN(C(=O)COC(=O)CN1C(=O)c2ccccc2C1=O)[C@]1(c2ccccc2Cl)CCCCC1=O. The number of hydrogen-bond acceptors (Lipinski definition) is 6. The van der Waals surface area contributed by atoms with Crippen LogP contribution in [0.15, 0.2) is 48.5 Å². The van der Waals surface area contributed by atoms with Gasteiger partial charge in [-0.2, -0.15) is 0 Å². The molecule has 1 aliphatic heterocycles. The van der Waals surface area contributed by atoms with Crippen molar-refractivity contribution >= 4 is 41.1 Å². The van der Waals surface area contributed by atoms with E-state index in [9.17, 15) is 24.0 Å². The number of fused-ring (bicyclic) bond motifs is 1. The first-order chi connectivity index (χ1) is 16.3. The second-order valence-electron chi connectivity index (χ2n) is 8.33. The molecule has 2 aromatic carbocycles. The van der Waals surface area contributed by atoms with Gasteiger partial charge in [-0.25, -0.2) is 0 Å². The standard InChI is InChI=1S/C25H23ClN2O6/c1-27(25(13-7-6-12-20(25)29)18-10-4-5-11-19(18)26)21(30)15-34-22(31)14-28-23(32)16-8-2-3-9-17(16)24(28)33/h2-5,8-11H,6-7,12-15H2,1H3/t25-/m0/s1. The van der Waals surface area contributed by atoms with Gasteiger partial charge in [-0.15, -0.1) is 0 Å². The Kier molecular flexibility index (Phi) is 6.52. The van der Waals surface area contributed by atoms with Crippen molar-refractivity contribution in [2.75, 3.05) is 20.2 Å². The molecule has 0 spiro atoms. The van der Waals surface area contributed by atoms with Crippen LogP contribution in [0.4, 0.5) is 0 Å². The maximum absolute atomic E-state index is 13.1. The number of ether oxygens (including phenoxy) is 1. The van der Waals surface area contributed by atoms with Crippen molar-refractivity contribution < 1.29 is 28.7 Å². The summed E-state index contributed by atoms with van der Waals surface area (Å²) >= 11 is 6.40. The predicted octanol–water partition coefficient (Wildman–Crippen LogP) is 2.98. The fourth-order valence-electron chi connectivity index (χ4n) is 4.64. The van der Waals surface area contributed by atoms with Gasteiger partial charge >= 0.3 is 5.97 Å². The Morgan fingerprint density at radius 1 is 1.00 bits per heavy atom. The minimum absolute atomic E-state index is 0.125. The maximum atomic E-state index is 13.1. The highest BCUT2D eigenvalue weighted by Gasteiger charge is 2.48. The number of carbonyl (C=O) groups is 5. The number of esters is 1. The molecule has 9 heteroatoms. The number of rotatable bonds is 6. The molecular weight excluding hydrogens is 460 g/mol. The molecule has 1 aliphatic carbocycles. The van der Waals surface area contributed by atoms with Crippen LogP contribution in [0.2, 0.25) is 5.02 Å². The Balaban J connectivity index is 1.45. The van der Waals surface area contributed by atoms with Crippen LogP contribution < -0.4 is 0 Å². The molecule has 0 bridgehead atoms. The molecule has 176 valence electrons. The molecule has 1 saturated carbocycles. The van der Waals surface area contributed by atoms with Crippen LogP contribution in [0.1, 0.15) is 52.0 Å². The Labute approximate surface area is 201 Å². The van der Waals surface area contributed by atoms with Crippen molar-refractivity contribution in [2.24, 2.45) is 0 Å². The van der Waals surface area contributed by atoms with E-state index in [1.165, 1.54) is 24.1 Å². The van der Waals surface area contributed by atoms with E-state index >= 15 is 0 Å². The first-order valence-corrected chi connectivity index (χ1v) is 11.3. The van der Waals surface area contributed by atoms with Gasteiger partial charge in [0.1, 0.15) is 12.1 Å². The van der Waals surface area contributed by atoms with Gasteiger partial charge in [-0.05, 0) is 37.5 Å². The number of imide groups is 1. The Morgan fingerprint density at radius 3 is 2.24 bits per heavy atom. The zero-order valence-electron chi connectivity index (χ0n) is 18.6. The van der Waals surface area contributed by atoms with Gasteiger partial charge in [0.05, 0.1) is 11.1 Å². The molecule has 4 rings (SSSR count). The normalized spacial score (nSPS) is 19.7. The molecule has 0 radical (unpaired) electrons. The molecule has 1 fully saturated rings. The van der Waals surface area contributed by atoms with Crippen molar-refractivity contribution in [3.8, 4) is 0 Å². The van der Waals surface area contributed by atoms with Crippen molar-refractivity contribution in [3.63, 3.8) is 0 Å². The number of benzene rings is 2. The molecule has 3 amide bonds. The Bertz CT molecular complexity index is 1160. The molecule has 0 saturated heterocycles. The largest absolute Gasteiger partial charge is 0.454 e. The first kappa shape index (κ1) is 23.6. The van der Waals surface area contributed by atoms with Crippen LogP contribution in [0.3, 0.4) is 0 Å². The average molecular weight is 483 g/mol. The molecule has 2 aliphatic rings. The Morgan fingerprint density at radius 2 is 1.62 bits per heavy atom. The van der Waals surface area contributed by atoms with Crippen LogP contribution in [-0.2, 0) is 24.7 Å². The summed E-state index contributed by atoms with van der Waals surface area (Å²) in [5.41, 5.74) is -0.278. The number of hydrogen-bond donors (Lipinski definition) is 0. The van der Waals surface area contributed by atoms with Gasteiger partial charge in [0.25, 0.3) is 17.7 Å². The second kappa shape index (κ2) is 9.38. The van der Waals surface area contributed by atoms with Crippen LogP contribution in [0.5, 0.6) is 0 Å². The van der Waals surface area contributed by atoms with E-state index in [-0.39, 0.29) is 16.9 Å². The minimum Gasteiger partial charge on any atom is -0.454 e. The van der Waals surface area contributed by atoms with E-state index in [1.807, 2.05) is 0 Å². The van der Waals surface area contributed by atoms with Gasteiger partial charge in [0, 0.05) is 24.1 Å². The van der Waals surface area contributed by atoms with E-state index in [2.05, 4.69) is 0 Å². The fraction of sp³-hybridized carbons (Fsp3) is 0.320. The lowest BCUT2D eigenvalue weighted by atomic mass is 9.74. The highest BCUT2D eigenvalue weighted by atomic mass is 35.5. The van der Waals surface area contributed by atoms with Crippen LogP contribution in [0, 0.1) is 0 Å². The number of likely N-dealkylation sites (N-methyl/N-ethyl adjacent to an activating group) is 1. The van der Waals surface area contributed by atoms with Crippen molar-refractivity contribution in [2.45, 2.75) is 31.2 Å². The van der Waals surface area contributed by atoms with Gasteiger partial charge in [0.15, 0.2) is 12.4 Å². The smallest absolute Gasteiger partial charge is 0.326 e.